The molecule has 0 spiro atoms. The summed E-state index contributed by atoms with van der Waals surface area (Å²) in [6.45, 7) is 0. The Labute approximate surface area is 147 Å². The predicted octanol–water partition coefficient (Wildman–Crippen LogP) is 4.17. The lowest BCUT2D eigenvalue weighted by Crippen LogP contribution is -2.19. The number of nitrogens with zero attached hydrogens (tertiary/aromatic N) is 3. The van der Waals surface area contributed by atoms with Crippen molar-refractivity contribution in [3.8, 4) is 5.75 Å². The van der Waals surface area contributed by atoms with Crippen molar-refractivity contribution in [3.63, 3.8) is 0 Å². The van der Waals surface area contributed by atoms with E-state index in [1.54, 1.807) is 31.4 Å². The molecule has 0 radical (unpaired) electrons. The predicted molar refractivity (Wildman–Crippen MR) is 95.6 cm³/mol. The minimum absolute atomic E-state index is 0.382. The molecule has 8 heteroatoms. The zero-order valence-corrected chi connectivity index (χ0v) is 14.4. The minimum atomic E-state index is -0.382. The molecule has 1 amide bonds. The molecular weight excluding hydrogens is 344 g/mol. The van der Waals surface area contributed by atoms with Crippen LogP contribution in [0.15, 0.2) is 71.0 Å². The van der Waals surface area contributed by atoms with Gasteiger partial charge in [-0.3, -0.25) is 0 Å². The number of benzene rings is 2. The first kappa shape index (κ1) is 16.4. The second-order valence-corrected chi connectivity index (χ2v) is 6.78. The molecule has 1 N–H and O–H groups in total. The molecule has 1 aromatic heterocycles. The van der Waals surface area contributed by atoms with E-state index in [4.69, 9.17) is 4.74 Å². The van der Waals surface area contributed by atoms with Crippen LogP contribution in [0, 0.1) is 0 Å². The van der Waals surface area contributed by atoms with E-state index in [1.807, 2.05) is 30.3 Å². The van der Waals surface area contributed by atoms with Crippen molar-refractivity contribution in [2.45, 2.75) is 10.1 Å². The van der Waals surface area contributed by atoms with E-state index < -0.39 is 0 Å². The average molecular weight is 358 g/mol. The number of ether oxygens (including phenoxy) is 1. The highest BCUT2D eigenvalue weighted by molar-refractivity contribution is 8.76. The number of anilines is 1. The zero-order valence-electron chi connectivity index (χ0n) is 12.7. The van der Waals surface area contributed by atoms with Crippen molar-refractivity contribution < 1.29 is 9.53 Å². The van der Waals surface area contributed by atoms with Gasteiger partial charge in [-0.05, 0) is 45.9 Å². The Kier molecular flexibility index (Phi) is 5.39. The van der Waals surface area contributed by atoms with Crippen molar-refractivity contribution in [2.75, 3.05) is 12.4 Å². The maximum absolute atomic E-state index is 12.2. The molecule has 24 heavy (non-hydrogen) atoms. The lowest BCUT2D eigenvalue weighted by atomic mass is 10.3. The van der Waals surface area contributed by atoms with Gasteiger partial charge in [0.15, 0.2) is 0 Å². The Morgan fingerprint density at radius 3 is 2.75 bits per heavy atom. The average Bonchev–Trinajstić information content (AvgIpc) is 3.10. The molecule has 6 nitrogen and oxygen atoms in total. The Hall–Kier alpha value is -2.45. The normalized spacial score (nSPS) is 10.4. The number of carbonyl (C=O) groups excluding carboxylic acids is 1. The van der Waals surface area contributed by atoms with E-state index in [2.05, 4.69) is 15.4 Å². The Balaban J connectivity index is 1.61. The lowest BCUT2D eigenvalue weighted by Gasteiger charge is -2.06. The van der Waals surface area contributed by atoms with Crippen LogP contribution < -0.4 is 10.1 Å². The molecule has 3 aromatic rings. The van der Waals surface area contributed by atoms with Gasteiger partial charge in [0.05, 0.1) is 7.11 Å². The van der Waals surface area contributed by atoms with E-state index in [0.717, 1.165) is 4.90 Å². The summed E-state index contributed by atoms with van der Waals surface area (Å²) in [4.78, 5) is 17.4. The molecule has 122 valence electrons. The van der Waals surface area contributed by atoms with Crippen molar-refractivity contribution >= 4 is 33.3 Å². The lowest BCUT2D eigenvalue weighted by molar-refractivity contribution is 0.250. The highest BCUT2D eigenvalue weighted by Gasteiger charge is 2.10. The van der Waals surface area contributed by atoms with E-state index in [9.17, 15) is 4.79 Å². The number of rotatable bonds is 5. The number of amides is 1. The van der Waals surface area contributed by atoms with E-state index in [0.29, 0.717) is 16.6 Å². The largest absolute Gasteiger partial charge is 0.497 e. The summed E-state index contributed by atoms with van der Waals surface area (Å²) < 4.78 is 6.30. The third-order valence-electron chi connectivity index (χ3n) is 2.96. The van der Waals surface area contributed by atoms with Crippen molar-refractivity contribution in [3.05, 3.63) is 60.9 Å². The second-order valence-electron chi connectivity index (χ2n) is 4.61. The fourth-order valence-electron chi connectivity index (χ4n) is 1.83. The number of aromatic nitrogens is 3. The molecule has 0 saturated heterocycles. The van der Waals surface area contributed by atoms with Crippen LogP contribution in [0.25, 0.3) is 0 Å². The number of carbonyl (C=O) groups is 1. The van der Waals surface area contributed by atoms with Gasteiger partial charge < -0.3 is 10.1 Å². The Bertz CT molecular complexity index is 824. The van der Waals surface area contributed by atoms with Crippen LogP contribution in [0.5, 0.6) is 5.75 Å². The molecule has 0 unspecified atom stereocenters. The molecular formula is C16H14N4O2S2. The van der Waals surface area contributed by atoms with Crippen molar-refractivity contribution in [1.29, 1.82) is 0 Å². The summed E-state index contributed by atoms with van der Waals surface area (Å²) in [7, 11) is 4.51. The van der Waals surface area contributed by atoms with Crippen LogP contribution in [0.3, 0.4) is 0 Å². The van der Waals surface area contributed by atoms with Gasteiger partial charge in [0, 0.05) is 16.6 Å². The molecule has 0 atom stereocenters. The number of methoxy groups -OCH3 is 1. The first-order chi connectivity index (χ1) is 11.7. The number of hydrogen-bond acceptors (Lipinski definition) is 6. The van der Waals surface area contributed by atoms with Gasteiger partial charge in [-0.15, -0.1) is 5.10 Å². The fraction of sp³-hybridized carbons (Fsp3) is 0.0625. The Morgan fingerprint density at radius 2 is 1.96 bits per heavy atom. The van der Waals surface area contributed by atoms with Gasteiger partial charge in [-0.1, -0.05) is 24.3 Å². The van der Waals surface area contributed by atoms with E-state index >= 15 is 0 Å². The van der Waals surface area contributed by atoms with Crippen molar-refractivity contribution in [1.82, 2.24) is 14.8 Å². The van der Waals surface area contributed by atoms with Crippen molar-refractivity contribution in [2.24, 2.45) is 0 Å². The van der Waals surface area contributed by atoms with E-state index in [1.165, 1.54) is 32.6 Å². The first-order valence-corrected chi connectivity index (χ1v) is 9.16. The fourth-order valence-corrected chi connectivity index (χ4v) is 3.55. The van der Waals surface area contributed by atoms with Crippen LogP contribution in [-0.4, -0.2) is 27.9 Å². The maximum Gasteiger partial charge on any atom is 0.348 e. The minimum Gasteiger partial charge on any atom is -0.497 e. The quantitative estimate of drug-likeness (QED) is 0.691. The molecule has 1 heterocycles. The molecule has 0 aliphatic carbocycles. The molecule has 0 bridgehead atoms. The maximum atomic E-state index is 12.2. The standard InChI is InChI=1S/C16H14N4O2S2/c1-22-13-7-5-6-12(10-13)18-16(21)20-11-17-15(19-20)24-23-14-8-3-2-4-9-14/h2-11H,1H3,(H,18,21). The third-order valence-corrected chi connectivity index (χ3v) is 5.11. The number of hydrogen-bond donors (Lipinski definition) is 1. The summed E-state index contributed by atoms with van der Waals surface area (Å²) in [5.74, 6) is 0.668. The highest BCUT2D eigenvalue weighted by Crippen LogP contribution is 2.34. The first-order valence-electron chi connectivity index (χ1n) is 7.01. The summed E-state index contributed by atoms with van der Waals surface area (Å²) in [5, 5.41) is 7.43. The van der Waals surface area contributed by atoms with Crippen LogP contribution >= 0.6 is 21.6 Å². The molecule has 3 rings (SSSR count). The van der Waals surface area contributed by atoms with Gasteiger partial charge in [0.1, 0.15) is 12.1 Å². The summed E-state index contributed by atoms with van der Waals surface area (Å²) >= 11 is 0. The second kappa shape index (κ2) is 7.89. The number of nitrogens with one attached hydrogen (secondary N) is 1. The van der Waals surface area contributed by atoms with Gasteiger partial charge in [-0.25, -0.2) is 9.78 Å². The van der Waals surface area contributed by atoms with Gasteiger partial charge in [0.25, 0.3) is 0 Å². The van der Waals surface area contributed by atoms with E-state index in [-0.39, 0.29) is 6.03 Å². The third kappa shape index (κ3) is 4.30. The van der Waals surface area contributed by atoms with Gasteiger partial charge >= 0.3 is 6.03 Å². The smallest absolute Gasteiger partial charge is 0.348 e. The Morgan fingerprint density at radius 1 is 1.12 bits per heavy atom. The SMILES string of the molecule is COc1cccc(NC(=O)n2cnc(SSc3ccccc3)n2)c1. The molecule has 0 saturated carbocycles. The summed E-state index contributed by atoms with van der Waals surface area (Å²) in [5.41, 5.74) is 0.628. The zero-order chi connectivity index (χ0) is 16.8. The van der Waals surface area contributed by atoms with Gasteiger partial charge in [0.2, 0.25) is 5.16 Å². The molecule has 2 aromatic carbocycles. The molecule has 0 aliphatic heterocycles. The monoisotopic (exact) mass is 358 g/mol. The highest BCUT2D eigenvalue weighted by atomic mass is 33.1. The topological polar surface area (TPSA) is 69.0 Å². The van der Waals surface area contributed by atoms with Crippen LogP contribution in [-0.2, 0) is 0 Å². The van der Waals surface area contributed by atoms with Crippen LogP contribution in [0.4, 0.5) is 10.5 Å². The summed E-state index contributed by atoms with van der Waals surface area (Å²) in [6.07, 6.45) is 1.39. The van der Waals surface area contributed by atoms with Crippen LogP contribution in [0.1, 0.15) is 0 Å². The van der Waals surface area contributed by atoms with Gasteiger partial charge in [-0.2, -0.15) is 4.68 Å². The van der Waals surface area contributed by atoms with Crippen LogP contribution in [0.2, 0.25) is 0 Å². The molecule has 0 fully saturated rings. The summed E-state index contributed by atoms with van der Waals surface area (Å²) in [6, 6.07) is 16.6. The molecule has 0 aliphatic rings.